The van der Waals surface area contributed by atoms with E-state index < -0.39 is 12.1 Å². The van der Waals surface area contributed by atoms with Gasteiger partial charge in [-0.05, 0) is 56.0 Å². The molecule has 0 fully saturated rings. The molecule has 3 N–H and O–H groups in total. The molecule has 0 amide bonds. The minimum absolute atomic E-state index is 0.183. The number of carboxylic acids is 1. The fraction of sp³-hybridized carbons (Fsp3) is 0.417. The highest BCUT2D eigenvalue weighted by Crippen LogP contribution is 2.38. The maximum absolute atomic E-state index is 10.6. The van der Waals surface area contributed by atoms with Crippen LogP contribution in [-0.2, 0) is 18.4 Å². The fourth-order valence-electron chi connectivity index (χ4n) is 4.52. The summed E-state index contributed by atoms with van der Waals surface area (Å²) in [5.41, 5.74) is 8.41. The van der Waals surface area contributed by atoms with Crippen LogP contribution in [-0.4, -0.2) is 55.1 Å². The number of aliphatic carboxylic acids is 1. The van der Waals surface area contributed by atoms with E-state index in [1.54, 1.807) is 0 Å². The Hall–Kier alpha value is -3.67. The third kappa shape index (κ3) is 5.43. The number of halogens is 3. The van der Waals surface area contributed by atoms with Crippen LogP contribution in [0.3, 0.4) is 0 Å². The molecule has 36 heavy (non-hydrogen) atoms. The fourth-order valence-corrected chi connectivity index (χ4v) is 4.52. The number of nitrogens with zero attached hydrogens (tertiary/aromatic N) is 5. The average Bonchev–Trinajstić information content (AvgIpc) is 3.31. The molecule has 12 heteroatoms. The van der Waals surface area contributed by atoms with Gasteiger partial charge in [-0.3, -0.25) is 4.68 Å². The first-order chi connectivity index (χ1) is 17.0. The van der Waals surface area contributed by atoms with E-state index in [4.69, 9.17) is 9.90 Å². The second-order valence-corrected chi connectivity index (χ2v) is 8.82. The highest BCUT2D eigenvalue weighted by molar-refractivity contribution is 5.75. The molecule has 3 aromatic rings. The van der Waals surface area contributed by atoms with E-state index in [-0.39, 0.29) is 6.04 Å². The number of hydrogen-bond acceptors (Lipinski definition) is 6. The number of carbonyl (C=O) groups is 1. The van der Waals surface area contributed by atoms with Crippen LogP contribution in [0.5, 0.6) is 0 Å². The van der Waals surface area contributed by atoms with Gasteiger partial charge in [-0.1, -0.05) is 23.4 Å². The van der Waals surface area contributed by atoms with Crippen LogP contribution in [0.15, 0.2) is 30.3 Å². The molecule has 2 aliphatic heterocycles. The molecular formula is C24H28F3N7O2. The Balaban J connectivity index is 0.000000384. The summed E-state index contributed by atoms with van der Waals surface area (Å²) in [6.45, 7) is 6.89. The first kappa shape index (κ1) is 25.4. The van der Waals surface area contributed by atoms with Gasteiger partial charge in [0, 0.05) is 31.8 Å². The zero-order valence-electron chi connectivity index (χ0n) is 20.2. The molecule has 192 valence electrons. The topological polar surface area (TPSA) is 110 Å². The van der Waals surface area contributed by atoms with Gasteiger partial charge in [-0.15, -0.1) is 5.10 Å². The van der Waals surface area contributed by atoms with E-state index in [9.17, 15) is 13.2 Å². The molecule has 2 aliphatic rings. The van der Waals surface area contributed by atoms with Crippen LogP contribution in [0, 0.1) is 13.8 Å². The van der Waals surface area contributed by atoms with Crippen molar-refractivity contribution in [1.29, 1.82) is 0 Å². The van der Waals surface area contributed by atoms with Gasteiger partial charge in [-0.25, -0.2) is 9.48 Å². The number of aromatic nitrogens is 5. The van der Waals surface area contributed by atoms with Crippen molar-refractivity contribution >= 4 is 17.4 Å². The molecule has 0 radical (unpaired) electrons. The lowest BCUT2D eigenvalue weighted by molar-refractivity contribution is -0.192. The average molecular weight is 504 g/mol. The highest BCUT2D eigenvalue weighted by atomic mass is 19.4. The second-order valence-electron chi connectivity index (χ2n) is 8.82. The number of benzene rings is 1. The van der Waals surface area contributed by atoms with Crippen molar-refractivity contribution in [1.82, 2.24) is 30.1 Å². The molecule has 0 saturated carbocycles. The predicted molar refractivity (Wildman–Crippen MR) is 128 cm³/mol. The van der Waals surface area contributed by atoms with E-state index in [0.717, 1.165) is 55.4 Å². The summed E-state index contributed by atoms with van der Waals surface area (Å²) in [5, 5.41) is 27.5. The molecule has 0 saturated heterocycles. The van der Waals surface area contributed by atoms with E-state index >= 15 is 0 Å². The van der Waals surface area contributed by atoms with Gasteiger partial charge in [0.25, 0.3) is 0 Å². The van der Waals surface area contributed by atoms with Crippen LogP contribution in [0.2, 0.25) is 0 Å². The first-order valence-electron chi connectivity index (χ1n) is 11.6. The minimum atomic E-state index is -5.08. The molecule has 1 atom stereocenters. The van der Waals surface area contributed by atoms with Crippen LogP contribution in [0.1, 0.15) is 41.4 Å². The maximum atomic E-state index is 10.6. The summed E-state index contributed by atoms with van der Waals surface area (Å²) in [6.07, 6.45) is -0.765. The number of fused-ring (bicyclic) bond motifs is 3. The van der Waals surface area contributed by atoms with Gasteiger partial charge in [0.2, 0.25) is 0 Å². The summed E-state index contributed by atoms with van der Waals surface area (Å²) in [5.74, 6) is -1.72. The maximum Gasteiger partial charge on any atom is 0.490 e. The van der Waals surface area contributed by atoms with Gasteiger partial charge >= 0.3 is 12.1 Å². The Kier molecular flexibility index (Phi) is 7.16. The third-order valence-electron chi connectivity index (χ3n) is 6.22. The van der Waals surface area contributed by atoms with Gasteiger partial charge in [-0.2, -0.15) is 18.3 Å². The van der Waals surface area contributed by atoms with E-state index in [0.29, 0.717) is 0 Å². The van der Waals surface area contributed by atoms with Gasteiger partial charge in [0.05, 0.1) is 23.1 Å². The smallest absolute Gasteiger partial charge is 0.475 e. The van der Waals surface area contributed by atoms with Crippen molar-refractivity contribution in [3.05, 3.63) is 52.9 Å². The van der Waals surface area contributed by atoms with Crippen LogP contribution >= 0.6 is 0 Å². The number of alkyl halides is 3. The summed E-state index contributed by atoms with van der Waals surface area (Å²) >= 11 is 0. The largest absolute Gasteiger partial charge is 0.490 e. The monoisotopic (exact) mass is 503 g/mol. The summed E-state index contributed by atoms with van der Waals surface area (Å²) in [7, 11) is 1.99. The van der Waals surface area contributed by atoms with E-state index in [2.05, 4.69) is 56.4 Å². The molecule has 0 aliphatic carbocycles. The molecule has 9 nitrogen and oxygen atoms in total. The third-order valence-corrected chi connectivity index (χ3v) is 6.22. The van der Waals surface area contributed by atoms with Crippen LogP contribution < -0.4 is 10.6 Å². The Bertz CT molecular complexity index is 1290. The predicted octanol–water partition coefficient (Wildman–Crippen LogP) is 3.86. The number of aryl methyl sites for hydroxylation is 4. The molecular weight excluding hydrogens is 475 g/mol. The number of anilines is 1. The van der Waals surface area contributed by atoms with Crippen molar-refractivity contribution in [2.45, 2.75) is 45.5 Å². The molecule has 2 aromatic heterocycles. The van der Waals surface area contributed by atoms with Gasteiger partial charge in [0.1, 0.15) is 5.82 Å². The lowest BCUT2D eigenvalue weighted by atomic mass is 9.91. The molecule has 0 spiro atoms. The van der Waals surface area contributed by atoms with Gasteiger partial charge in [0.15, 0.2) is 0 Å². The lowest BCUT2D eigenvalue weighted by Gasteiger charge is -2.22. The highest BCUT2D eigenvalue weighted by Gasteiger charge is 2.38. The van der Waals surface area contributed by atoms with Crippen LogP contribution in [0.4, 0.5) is 19.0 Å². The number of hydrogen-bond donors (Lipinski definition) is 3. The summed E-state index contributed by atoms with van der Waals surface area (Å²) in [6, 6.07) is 9.17. The van der Waals surface area contributed by atoms with Crippen LogP contribution in [0.25, 0.3) is 16.8 Å². The van der Waals surface area contributed by atoms with Crippen molar-refractivity contribution in [2.75, 3.05) is 18.4 Å². The Morgan fingerprint density at radius 2 is 2.00 bits per heavy atom. The Morgan fingerprint density at radius 3 is 2.61 bits per heavy atom. The summed E-state index contributed by atoms with van der Waals surface area (Å²) in [4.78, 5) is 8.90. The quantitative estimate of drug-likeness (QED) is 0.498. The number of rotatable bonds is 3. The first-order valence-corrected chi connectivity index (χ1v) is 11.6. The van der Waals surface area contributed by atoms with E-state index in [1.807, 2.05) is 30.3 Å². The van der Waals surface area contributed by atoms with E-state index in [1.165, 1.54) is 22.3 Å². The Morgan fingerprint density at radius 1 is 1.25 bits per heavy atom. The van der Waals surface area contributed by atoms with Crippen molar-refractivity contribution in [2.24, 2.45) is 7.05 Å². The number of nitrogens with one attached hydrogen (secondary N) is 2. The zero-order chi connectivity index (χ0) is 26.0. The molecule has 4 heterocycles. The molecule has 5 rings (SSSR count). The van der Waals surface area contributed by atoms with Crippen molar-refractivity contribution in [3.8, 4) is 11.3 Å². The lowest BCUT2D eigenvalue weighted by Crippen LogP contribution is -2.21. The van der Waals surface area contributed by atoms with Gasteiger partial charge < -0.3 is 15.7 Å². The SMILES string of the molecule is Cc1cc(NC2CCn3nnc(C)c3-c3ccc(C4=CCNCC4)cc32)n(C)n1.O=C(O)C(F)(F)F. The minimum Gasteiger partial charge on any atom is -0.475 e. The summed E-state index contributed by atoms with van der Waals surface area (Å²) < 4.78 is 35.7. The zero-order valence-corrected chi connectivity index (χ0v) is 20.2. The molecule has 1 unspecified atom stereocenters. The Labute approximate surface area is 206 Å². The molecule has 0 bridgehead atoms. The second kappa shape index (κ2) is 10.1. The number of carboxylic acid groups (broad SMARTS) is 1. The van der Waals surface area contributed by atoms with Crippen molar-refractivity contribution < 1.29 is 23.1 Å². The standard InChI is InChI=1S/C22H27N7.C2HF3O2/c1-14-12-21(28(3)26-14)24-20-8-11-29-22(15(2)25-27-29)18-5-4-17(13-19(18)20)16-6-9-23-10-7-16;3-2(4,5)1(6)7/h4-6,12-13,20,23-24H,7-11H2,1-3H3;(H,6,7). The van der Waals surface area contributed by atoms with Crippen molar-refractivity contribution in [3.63, 3.8) is 0 Å². The normalized spacial score (nSPS) is 17.2. The molecule has 1 aromatic carbocycles.